The van der Waals surface area contributed by atoms with Crippen LogP contribution in [-0.4, -0.2) is 35.0 Å². The van der Waals surface area contributed by atoms with E-state index in [1.54, 1.807) is 24.2 Å². The fourth-order valence-corrected chi connectivity index (χ4v) is 4.08. The van der Waals surface area contributed by atoms with Gasteiger partial charge in [-0.05, 0) is 60.8 Å². The number of nitriles is 1. The number of nitrogens with one attached hydrogen (secondary N) is 3. The van der Waals surface area contributed by atoms with E-state index in [1.807, 2.05) is 61.8 Å². The number of aromatic amines is 1. The van der Waals surface area contributed by atoms with Gasteiger partial charge in [0, 0.05) is 43.2 Å². The molecular formula is C28H30N6O2. The fourth-order valence-electron chi connectivity index (χ4n) is 4.08. The molecule has 0 radical (unpaired) electrons. The number of nitrogens with zero attached hydrogens (tertiary/aromatic N) is 3. The Kier molecular flexibility index (Phi) is 8.16. The van der Waals surface area contributed by atoms with Gasteiger partial charge < -0.3 is 20.4 Å². The van der Waals surface area contributed by atoms with E-state index in [9.17, 15) is 4.79 Å². The maximum absolute atomic E-state index is 12.4. The number of benzene rings is 2. The van der Waals surface area contributed by atoms with Crippen LogP contribution in [0.4, 0.5) is 5.69 Å². The van der Waals surface area contributed by atoms with Gasteiger partial charge in [0.25, 0.3) is 5.56 Å². The summed E-state index contributed by atoms with van der Waals surface area (Å²) in [5.74, 6) is 0.806. The molecular weight excluding hydrogens is 452 g/mol. The SMILES string of the molecule is COc1cccc(C(CCNc2cc(-c3cnn(C)c3)c[nH]c2=O)NCCc2ccc(C#N)cc2)c1. The Hall–Kier alpha value is -4.35. The van der Waals surface area contributed by atoms with E-state index in [2.05, 4.69) is 32.9 Å². The lowest BCUT2D eigenvalue weighted by Gasteiger charge is -2.20. The van der Waals surface area contributed by atoms with Crippen molar-refractivity contribution in [2.24, 2.45) is 7.05 Å². The molecule has 1 atom stereocenters. The zero-order chi connectivity index (χ0) is 25.3. The third-order valence-corrected chi connectivity index (χ3v) is 6.07. The quantitative estimate of drug-likeness (QED) is 0.298. The first-order valence-corrected chi connectivity index (χ1v) is 11.9. The Balaban J connectivity index is 1.42. The zero-order valence-corrected chi connectivity index (χ0v) is 20.5. The van der Waals surface area contributed by atoms with Gasteiger partial charge in [0.15, 0.2) is 0 Å². The minimum absolute atomic E-state index is 0.0616. The molecule has 4 rings (SSSR count). The smallest absolute Gasteiger partial charge is 0.271 e. The second-order valence-corrected chi connectivity index (χ2v) is 8.59. The first-order valence-electron chi connectivity index (χ1n) is 11.9. The molecule has 4 aromatic rings. The molecule has 0 amide bonds. The number of hydrogen-bond acceptors (Lipinski definition) is 6. The predicted octanol–water partition coefficient (Wildman–Crippen LogP) is 4.03. The molecule has 36 heavy (non-hydrogen) atoms. The van der Waals surface area contributed by atoms with Crippen molar-refractivity contribution in [1.29, 1.82) is 5.26 Å². The van der Waals surface area contributed by atoms with Crippen molar-refractivity contribution in [1.82, 2.24) is 20.1 Å². The summed E-state index contributed by atoms with van der Waals surface area (Å²) in [4.78, 5) is 15.2. The molecule has 0 aliphatic rings. The van der Waals surface area contributed by atoms with Gasteiger partial charge in [0.1, 0.15) is 11.4 Å². The van der Waals surface area contributed by atoms with Crippen molar-refractivity contribution < 1.29 is 4.74 Å². The lowest BCUT2D eigenvalue weighted by atomic mass is 10.0. The number of hydrogen-bond donors (Lipinski definition) is 3. The molecule has 0 saturated heterocycles. The number of ether oxygens (including phenoxy) is 1. The summed E-state index contributed by atoms with van der Waals surface area (Å²) in [6.45, 7) is 1.37. The lowest BCUT2D eigenvalue weighted by molar-refractivity contribution is 0.412. The van der Waals surface area contributed by atoms with Gasteiger partial charge in [-0.15, -0.1) is 0 Å². The van der Waals surface area contributed by atoms with Gasteiger partial charge in [0.2, 0.25) is 0 Å². The summed E-state index contributed by atoms with van der Waals surface area (Å²) in [5.41, 5.74) is 5.16. The third-order valence-electron chi connectivity index (χ3n) is 6.07. The standard InChI is InChI=1S/C28H30N6O2/c1-34-19-24(18-33-34)23-15-27(28(35)32-17-23)31-13-11-26(22-4-3-5-25(14-22)36-2)30-12-10-20-6-8-21(16-29)9-7-20/h3-9,14-15,17-19,26,30-31H,10-13H2,1-2H3,(H,32,35). The number of pyridine rings is 1. The van der Waals surface area contributed by atoms with Crippen molar-refractivity contribution in [2.75, 3.05) is 25.5 Å². The van der Waals surface area contributed by atoms with E-state index in [4.69, 9.17) is 10.00 Å². The molecule has 2 aromatic heterocycles. The lowest BCUT2D eigenvalue weighted by Crippen LogP contribution is -2.26. The van der Waals surface area contributed by atoms with Gasteiger partial charge in [-0.2, -0.15) is 10.4 Å². The summed E-state index contributed by atoms with van der Waals surface area (Å²) < 4.78 is 7.16. The molecule has 0 fully saturated rings. The highest BCUT2D eigenvalue weighted by molar-refractivity contribution is 5.65. The summed E-state index contributed by atoms with van der Waals surface area (Å²) in [7, 11) is 3.52. The predicted molar refractivity (Wildman–Crippen MR) is 141 cm³/mol. The van der Waals surface area contributed by atoms with Crippen LogP contribution in [0.15, 0.2) is 78.0 Å². The Labute approximate surface area is 210 Å². The first-order chi connectivity index (χ1) is 17.6. The maximum Gasteiger partial charge on any atom is 0.271 e. The highest BCUT2D eigenvalue weighted by Gasteiger charge is 2.13. The topological polar surface area (TPSA) is 108 Å². The number of anilines is 1. The Morgan fingerprint density at radius 2 is 1.97 bits per heavy atom. The summed E-state index contributed by atoms with van der Waals surface area (Å²) in [6, 6.07) is 19.8. The summed E-state index contributed by atoms with van der Waals surface area (Å²) >= 11 is 0. The normalized spacial score (nSPS) is 11.6. The van der Waals surface area contributed by atoms with Crippen LogP contribution >= 0.6 is 0 Å². The highest BCUT2D eigenvalue weighted by atomic mass is 16.5. The molecule has 8 heteroatoms. The number of rotatable bonds is 11. The van der Waals surface area contributed by atoms with Gasteiger partial charge >= 0.3 is 0 Å². The monoisotopic (exact) mass is 482 g/mol. The molecule has 184 valence electrons. The van der Waals surface area contributed by atoms with E-state index in [-0.39, 0.29) is 11.6 Å². The summed E-state index contributed by atoms with van der Waals surface area (Å²) in [6.07, 6.45) is 6.99. The first kappa shape index (κ1) is 24.8. The fraction of sp³-hybridized carbons (Fsp3) is 0.250. The van der Waals surface area contributed by atoms with Crippen molar-refractivity contribution in [2.45, 2.75) is 18.9 Å². The number of methoxy groups -OCH3 is 1. The number of aromatic nitrogens is 3. The second-order valence-electron chi connectivity index (χ2n) is 8.59. The van der Waals surface area contributed by atoms with E-state index in [0.29, 0.717) is 17.8 Å². The van der Waals surface area contributed by atoms with Gasteiger partial charge in [0.05, 0.1) is 24.9 Å². The minimum atomic E-state index is -0.158. The van der Waals surface area contributed by atoms with Crippen LogP contribution in [0.2, 0.25) is 0 Å². The maximum atomic E-state index is 12.4. The van der Waals surface area contributed by atoms with Crippen molar-refractivity contribution in [3.63, 3.8) is 0 Å². The van der Waals surface area contributed by atoms with E-state index >= 15 is 0 Å². The van der Waals surface area contributed by atoms with Crippen LogP contribution in [0.1, 0.15) is 29.2 Å². The largest absolute Gasteiger partial charge is 0.497 e. The molecule has 0 aliphatic carbocycles. The van der Waals surface area contributed by atoms with Crippen LogP contribution in [0.5, 0.6) is 5.75 Å². The Morgan fingerprint density at radius 1 is 1.14 bits per heavy atom. The number of H-pyrrole nitrogens is 1. The Bertz CT molecular complexity index is 1380. The summed E-state index contributed by atoms with van der Waals surface area (Å²) in [5, 5.41) is 20.2. The minimum Gasteiger partial charge on any atom is -0.497 e. The molecule has 0 aliphatic heterocycles. The molecule has 2 heterocycles. The highest BCUT2D eigenvalue weighted by Crippen LogP contribution is 2.23. The van der Waals surface area contributed by atoms with Crippen LogP contribution in [0.25, 0.3) is 11.1 Å². The molecule has 8 nitrogen and oxygen atoms in total. The zero-order valence-electron chi connectivity index (χ0n) is 20.5. The molecule has 0 spiro atoms. The van der Waals surface area contributed by atoms with Crippen LogP contribution in [0, 0.1) is 11.3 Å². The van der Waals surface area contributed by atoms with E-state index in [0.717, 1.165) is 41.8 Å². The van der Waals surface area contributed by atoms with Crippen molar-refractivity contribution in [3.05, 3.63) is 100 Å². The van der Waals surface area contributed by atoms with E-state index in [1.165, 1.54) is 5.56 Å². The average molecular weight is 483 g/mol. The molecule has 1 unspecified atom stereocenters. The van der Waals surface area contributed by atoms with Gasteiger partial charge in [-0.3, -0.25) is 9.48 Å². The molecule has 2 aromatic carbocycles. The third kappa shape index (κ3) is 6.40. The second kappa shape index (κ2) is 11.9. The molecule has 0 saturated carbocycles. The van der Waals surface area contributed by atoms with E-state index < -0.39 is 0 Å². The van der Waals surface area contributed by atoms with Crippen molar-refractivity contribution in [3.8, 4) is 22.9 Å². The van der Waals surface area contributed by atoms with Crippen LogP contribution in [-0.2, 0) is 13.5 Å². The molecule has 3 N–H and O–H groups in total. The number of aryl methyl sites for hydroxylation is 1. The van der Waals surface area contributed by atoms with Crippen molar-refractivity contribution >= 4 is 5.69 Å². The van der Waals surface area contributed by atoms with Crippen LogP contribution in [0.3, 0.4) is 0 Å². The van der Waals surface area contributed by atoms with Crippen LogP contribution < -0.4 is 20.9 Å². The molecule has 0 bridgehead atoms. The van der Waals surface area contributed by atoms with Gasteiger partial charge in [-0.1, -0.05) is 24.3 Å². The van der Waals surface area contributed by atoms with Gasteiger partial charge in [-0.25, -0.2) is 0 Å². The average Bonchev–Trinajstić information content (AvgIpc) is 3.35. The Morgan fingerprint density at radius 3 is 2.69 bits per heavy atom.